The van der Waals surface area contributed by atoms with Crippen molar-refractivity contribution >= 4 is 5.82 Å². The Balaban J connectivity index is 1.99. The summed E-state index contributed by atoms with van der Waals surface area (Å²) in [7, 11) is 1.81. The number of nitrogens with one attached hydrogen (secondary N) is 1. The van der Waals surface area contributed by atoms with Crippen LogP contribution in [0.15, 0.2) is 18.3 Å². The summed E-state index contributed by atoms with van der Waals surface area (Å²) < 4.78 is 5.42. The van der Waals surface area contributed by atoms with Gasteiger partial charge in [0.1, 0.15) is 5.82 Å². The highest BCUT2D eigenvalue weighted by molar-refractivity contribution is 5.42. The fraction of sp³-hybridized carbons (Fsp3) is 0.688. The average Bonchev–Trinajstić information content (AvgIpc) is 2.52. The van der Waals surface area contributed by atoms with Crippen molar-refractivity contribution < 1.29 is 4.74 Å². The van der Waals surface area contributed by atoms with Crippen molar-refractivity contribution in [3.8, 4) is 0 Å². The maximum absolute atomic E-state index is 5.42. The van der Waals surface area contributed by atoms with E-state index >= 15 is 0 Å². The van der Waals surface area contributed by atoms with Gasteiger partial charge in [0, 0.05) is 32.4 Å². The van der Waals surface area contributed by atoms with Gasteiger partial charge in [0.15, 0.2) is 0 Å². The molecule has 1 aromatic heterocycles. The lowest BCUT2D eigenvalue weighted by atomic mass is 10.1. The van der Waals surface area contributed by atoms with E-state index in [0.29, 0.717) is 12.1 Å². The van der Waals surface area contributed by atoms with Crippen LogP contribution in [0.4, 0.5) is 5.82 Å². The van der Waals surface area contributed by atoms with E-state index in [1.807, 2.05) is 6.20 Å². The summed E-state index contributed by atoms with van der Waals surface area (Å²) in [4.78, 5) is 6.90. The highest BCUT2D eigenvalue weighted by Crippen LogP contribution is 2.22. The van der Waals surface area contributed by atoms with Crippen LogP contribution in [-0.4, -0.2) is 37.8 Å². The van der Waals surface area contributed by atoms with Crippen LogP contribution in [0.25, 0.3) is 0 Å². The SMILES string of the molecule is CCCNC(C)c1ccnc(N2CCC(OC)CC2)c1. The quantitative estimate of drug-likeness (QED) is 0.867. The Morgan fingerprint density at radius 2 is 2.20 bits per heavy atom. The maximum Gasteiger partial charge on any atom is 0.128 e. The predicted molar refractivity (Wildman–Crippen MR) is 83.2 cm³/mol. The molecule has 4 heteroatoms. The molecule has 2 heterocycles. The van der Waals surface area contributed by atoms with Crippen LogP contribution in [0.5, 0.6) is 0 Å². The Hall–Kier alpha value is -1.13. The molecule has 2 rings (SSSR count). The van der Waals surface area contributed by atoms with Gasteiger partial charge in [0.05, 0.1) is 6.10 Å². The Morgan fingerprint density at radius 3 is 2.85 bits per heavy atom. The topological polar surface area (TPSA) is 37.4 Å². The maximum atomic E-state index is 5.42. The summed E-state index contributed by atoms with van der Waals surface area (Å²) in [6, 6.07) is 4.72. The molecule has 1 N–H and O–H groups in total. The highest BCUT2D eigenvalue weighted by atomic mass is 16.5. The number of aromatic nitrogens is 1. The van der Waals surface area contributed by atoms with Crippen molar-refractivity contribution in [2.45, 2.75) is 45.3 Å². The monoisotopic (exact) mass is 277 g/mol. The molecule has 1 aliphatic heterocycles. The Kier molecular flexibility index (Phi) is 5.80. The minimum absolute atomic E-state index is 0.383. The Morgan fingerprint density at radius 1 is 1.45 bits per heavy atom. The van der Waals surface area contributed by atoms with Crippen molar-refractivity contribution in [2.75, 3.05) is 31.6 Å². The molecular weight excluding hydrogens is 250 g/mol. The van der Waals surface area contributed by atoms with Gasteiger partial charge in [-0.25, -0.2) is 4.98 Å². The van der Waals surface area contributed by atoms with Gasteiger partial charge in [-0.2, -0.15) is 0 Å². The molecule has 0 bridgehead atoms. The van der Waals surface area contributed by atoms with Crippen LogP contribution < -0.4 is 10.2 Å². The normalized spacial score (nSPS) is 18.2. The van der Waals surface area contributed by atoms with E-state index < -0.39 is 0 Å². The molecule has 1 fully saturated rings. The fourth-order valence-electron chi connectivity index (χ4n) is 2.68. The first-order valence-electron chi connectivity index (χ1n) is 7.71. The van der Waals surface area contributed by atoms with Crippen LogP contribution in [0.1, 0.15) is 44.7 Å². The molecule has 0 radical (unpaired) electrons. The molecule has 1 saturated heterocycles. The Bertz CT molecular complexity index is 402. The van der Waals surface area contributed by atoms with Gasteiger partial charge in [-0.05, 0) is 50.4 Å². The predicted octanol–water partition coefficient (Wildman–Crippen LogP) is 2.76. The first-order chi connectivity index (χ1) is 9.74. The van der Waals surface area contributed by atoms with Gasteiger partial charge in [-0.3, -0.25) is 0 Å². The number of nitrogens with zero attached hydrogens (tertiary/aromatic N) is 2. The molecule has 1 aromatic rings. The van der Waals surface area contributed by atoms with E-state index in [4.69, 9.17) is 4.74 Å². The zero-order chi connectivity index (χ0) is 14.4. The minimum Gasteiger partial charge on any atom is -0.381 e. The number of hydrogen-bond donors (Lipinski definition) is 1. The third-order valence-electron chi connectivity index (χ3n) is 4.07. The summed E-state index contributed by atoms with van der Waals surface area (Å²) in [6.45, 7) is 7.53. The molecule has 0 saturated carbocycles. The number of rotatable bonds is 6. The number of methoxy groups -OCH3 is 1. The lowest BCUT2D eigenvalue weighted by molar-refractivity contribution is 0.0818. The summed E-state index contributed by atoms with van der Waals surface area (Å²) in [5.41, 5.74) is 1.32. The zero-order valence-electron chi connectivity index (χ0n) is 12.9. The number of pyridine rings is 1. The minimum atomic E-state index is 0.383. The Labute approximate surface area is 122 Å². The highest BCUT2D eigenvalue weighted by Gasteiger charge is 2.20. The molecular formula is C16H27N3O. The lowest BCUT2D eigenvalue weighted by Gasteiger charge is -2.32. The van der Waals surface area contributed by atoms with Crippen LogP contribution in [0, 0.1) is 0 Å². The lowest BCUT2D eigenvalue weighted by Crippen LogP contribution is -2.37. The summed E-state index contributed by atoms with van der Waals surface area (Å²) in [5.74, 6) is 1.10. The third-order valence-corrected chi connectivity index (χ3v) is 4.07. The largest absolute Gasteiger partial charge is 0.381 e. The molecule has 1 unspecified atom stereocenters. The third kappa shape index (κ3) is 3.93. The number of ether oxygens (including phenoxy) is 1. The molecule has 112 valence electrons. The van der Waals surface area contributed by atoms with Crippen molar-refractivity contribution in [1.29, 1.82) is 0 Å². The number of piperidine rings is 1. The summed E-state index contributed by atoms with van der Waals surface area (Å²) >= 11 is 0. The molecule has 4 nitrogen and oxygen atoms in total. The van der Waals surface area contributed by atoms with E-state index in [-0.39, 0.29) is 0 Å². The van der Waals surface area contributed by atoms with Crippen LogP contribution in [-0.2, 0) is 4.74 Å². The average molecular weight is 277 g/mol. The number of anilines is 1. The van der Waals surface area contributed by atoms with Gasteiger partial charge in [-0.1, -0.05) is 6.92 Å². The summed E-state index contributed by atoms with van der Waals surface area (Å²) in [6.07, 6.45) is 5.68. The van der Waals surface area contributed by atoms with Gasteiger partial charge in [0.25, 0.3) is 0 Å². The second kappa shape index (κ2) is 7.60. The van der Waals surface area contributed by atoms with E-state index in [1.165, 1.54) is 5.56 Å². The molecule has 0 aromatic carbocycles. The first kappa shape index (κ1) is 15.3. The van der Waals surface area contributed by atoms with Gasteiger partial charge < -0.3 is 15.0 Å². The standard InChI is InChI=1S/C16H27N3O/c1-4-8-17-13(2)14-5-9-18-16(12-14)19-10-6-15(20-3)7-11-19/h5,9,12-13,15,17H,4,6-8,10-11H2,1-3H3. The van der Waals surface area contributed by atoms with Crippen LogP contribution in [0.3, 0.4) is 0 Å². The van der Waals surface area contributed by atoms with Crippen molar-refractivity contribution in [3.05, 3.63) is 23.9 Å². The van der Waals surface area contributed by atoms with Crippen molar-refractivity contribution in [2.24, 2.45) is 0 Å². The van der Waals surface area contributed by atoms with E-state index in [0.717, 1.165) is 44.7 Å². The second-order valence-electron chi connectivity index (χ2n) is 5.55. The molecule has 0 spiro atoms. The van der Waals surface area contributed by atoms with Gasteiger partial charge >= 0.3 is 0 Å². The van der Waals surface area contributed by atoms with Crippen molar-refractivity contribution in [3.63, 3.8) is 0 Å². The molecule has 1 atom stereocenters. The number of hydrogen-bond acceptors (Lipinski definition) is 4. The van der Waals surface area contributed by atoms with Crippen LogP contribution >= 0.6 is 0 Å². The van der Waals surface area contributed by atoms with Gasteiger partial charge in [-0.15, -0.1) is 0 Å². The smallest absolute Gasteiger partial charge is 0.128 e. The van der Waals surface area contributed by atoms with Gasteiger partial charge in [0.2, 0.25) is 0 Å². The fourth-order valence-corrected chi connectivity index (χ4v) is 2.68. The summed E-state index contributed by atoms with van der Waals surface area (Å²) in [5, 5.41) is 3.53. The first-order valence-corrected chi connectivity index (χ1v) is 7.71. The van der Waals surface area contributed by atoms with E-state index in [1.54, 1.807) is 7.11 Å². The van der Waals surface area contributed by atoms with E-state index in [9.17, 15) is 0 Å². The molecule has 20 heavy (non-hydrogen) atoms. The second-order valence-corrected chi connectivity index (χ2v) is 5.55. The van der Waals surface area contributed by atoms with E-state index in [2.05, 4.69) is 41.2 Å². The molecule has 1 aliphatic rings. The zero-order valence-corrected chi connectivity index (χ0v) is 12.9. The van der Waals surface area contributed by atoms with Crippen LogP contribution in [0.2, 0.25) is 0 Å². The molecule has 0 amide bonds. The van der Waals surface area contributed by atoms with Crippen molar-refractivity contribution in [1.82, 2.24) is 10.3 Å². The molecule has 0 aliphatic carbocycles.